The Morgan fingerprint density at radius 3 is 2.54 bits per heavy atom. The van der Waals surface area contributed by atoms with Crippen molar-refractivity contribution < 1.29 is 14.7 Å². The van der Waals surface area contributed by atoms with Gasteiger partial charge < -0.3 is 15.7 Å². The Kier molecular flexibility index (Phi) is 6.37. The number of aliphatic hydroxyl groups is 1. The zero-order valence-corrected chi connectivity index (χ0v) is 14.6. The second-order valence-electron chi connectivity index (χ2n) is 6.71. The third kappa shape index (κ3) is 4.81. The van der Waals surface area contributed by atoms with Crippen LogP contribution in [0.3, 0.4) is 0 Å². The number of nitrogens with one attached hydrogen (secondary N) is 2. The van der Waals surface area contributed by atoms with Gasteiger partial charge in [0.15, 0.2) is 0 Å². The first-order valence-corrected chi connectivity index (χ1v) is 8.83. The molecule has 0 unspecified atom stereocenters. The van der Waals surface area contributed by atoms with Gasteiger partial charge in [0, 0.05) is 30.3 Å². The quantitative estimate of drug-likeness (QED) is 0.650. The van der Waals surface area contributed by atoms with E-state index in [-0.39, 0.29) is 29.8 Å². The van der Waals surface area contributed by atoms with Crippen molar-refractivity contribution in [1.82, 2.24) is 5.32 Å². The Hall–Kier alpha value is -1.88. The highest BCUT2D eigenvalue weighted by Gasteiger charge is 2.29. The normalized spacial score (nSPS) is 14.3. The Labute approximate surface area is 143 Å². The molecule has 0 aliphatic heterocycles. The highest BCUT2D eigenvalue weighted by molar-refractivity contribution is 5.98. The molecule has 0 radical (unpaired) electrons. The SMILES string of the molecule is CCC(CC)(CCO)CNC(=O)c1cccc(NC(=O)C2CC2)c1. The molecule has 1 fully saturated rings. The van der Waals surface area contributed by atoms with Gasteiger partial charge in [0.2, 0.25) is 5.91 Å². The highest BCUT2D eigenvalue weighted by atomic mass is 16.3. The number of carbonyl (C=O) groups excluding carboxylic acids is 2. The van der Waals surface area contributed by atoms with Crippen LogP contribution < -0.4 is 10.6 Å². The lowest BCUT2D eigenvalue weighted by molar-refractivity contribution is -0.117. The number of aliphatic hydroxyl groups excluding tert-OH is 1. The van der Waals surface area contributed by atoms with E-state index in [2.05, 4.69) is 24.5 Å². The van der Waals surface area contributed by atoms with Crippen LogP contribution in [-0.2, 0) is 4.79 Å². The number of hydrogen-bond acceptors (Lipinski definition) is 3. The molecule has 5 heteroatoms. The number of amides is 2. The van der Waals surface area contributed by atoms with Gasteiger partial charge >= 0.3 is 0 Å². The molecule has 0 saturated heterocycles. The molecule has 2 amide bonds. The molecule has 0 spiro atoms. The second-order valence-corrected chi connectivity index (χ2v) is 6.71. The van der Waals surface area contributed by atoms with Gasteiger partial charge in [-0.2, -0.15) is 0 Å². The van der Waals surface area contributed by atoms with Gasteiger partial charge in [-0.25, -0.2) is 0 Å². The highest BCUT2D eigenvalue weighted by Crippen LogP contribution is 2.31. The summed E-state index contributed by atoms with van der Waals surface area (Å²) in [6.07, 6.45) is 4.39. The van der Waals surface area contributed by atoms with Crippen LogP contribution in [0, 0.1) is 11.3 Å². The van der Waals surface area contributed by atoms with Crippen molar-refractivity contribution in [3.8, 4) is 0 Å². The number of hydrogen-bond donors (Lipinski definition) is 3. The van der Waals surface area contributed by atoms with Gasteiger partial charge in [0.05, 0.1) is 0 Å². The van der Waals surface area contributed by atoms with E-state index in [1.54, 1.807) is 24.3 Å². The van der Waals surface area contributed by atoms with Crippen LogP contribution in [0.15, 0.2) is 24.3 Å². The van der Waals surface area contributed by atoms with Crippen LogP contribution in [0.5, 0.6) is 0 Å². The van der Waals surface area contributed by atoms with Crippen molar-refractivity contribution in [1.29, 1.82) is 0 Å². The second kappa shape index (κ2) is 8.29. The van der Waals surface area contributed by atoms with Gasteiger partial charge in [0.25, 0.3) is 5.91 Å². The van der Waals surface area contributed by atoms with Crippen LogP contribution in [0.1, 0.15) is 56.3 Å². The summed E-state index contributed by atoms with van der Waals surface area (Å²) in [5, 5.41) is 15.1. The molecule has 1 aliphatic carbocycles. The summed E-state index contributed by atoms with van der Waals surface area (Å²) in [6, 6.07) is 7.03. The van der Waals surface area contributed by atoms with Crippen molar-refractivity contribution in [2.75, 3.05) is 18.5 Å². The molecule has 24 heavy (non-hydrogen) atoms. The molecule has 1 saturated carbocycles. The van der Waals surface area contributed by atoms with Crippen LogP contribution >= 0.6 is 0 Å². The summed E-state index contributed by atoms with van der Waals surface area (Å²) >= 11 is 0. The van der Waals surface area contributed by atoms with E-state index in [1.165, 1.54) is 0 Å². The topological polar surface area (TPSA) is 78.4 Å². The third-order valence-electron chi connectivity index (χ3n) is 5.11. The Morgan fingerprint density at radius 2 is 1.96 bits per heavy atom. The van der Waals surface area contributed by atoms with Crippen molar-refractivity contribution in [2.24, 2.45) is 11.3 Å². The predicted molar refractivity (Wildman–Crippen MR) is 94.8 cm³/mol. The van der Waals surface area contributed by atoms with Gasteiger partial charge in [-0.05, 0) is 55.7 Å². The van der Waals surface area contributed by atoms with Crippen LogP contribution in [0.25, 0.3) is 0 Å². The van der Waals surface area contributed by atoms with E-state index in [0.717, 1.165) is 25.7 Å². The van der Waals surface area contributed by atoms with Crippen LogP contribution in [0.2, 0.25) is 0 Å². The van der Waals surface area contributed by atoms with Crippen molar-refractivity contribution in [3.63, 3.8) is 0 Å². The van der Waals surface area contributed by atoms with Crippen LogP contribution in [0.4, 0.5) is 5.69 Å². The monoisotopic (exact) mass is 332 g/mol. The minimum atomic E-state index is -0.151. The summed E-state index contributed by atoms with van der Waals surface area (Å²) in [4.78, 5) is 24.3. The largest absolute Gasteiger partial charge is 0.396 e. The summed E-state index contributed by atoms with van der Waals surface area (Å²) < 4.78 is 0. The van der Waals surface area contributed by atoms with Gasteiger partial charge in [-0.3, -0.25) is 9.59 Å². The molecule has 1 aliphatic rings. The third-order valence-corrected chi connectivity index (χ3v) is 5.11. The lowest BCUT2D eigenvalue weighted by atomic mass is 9.79. The first-order chi connectivity index (χ1) is 11.5. The van der Waals surface area contributed by atoms with Crippen molar-refractivity contribution in [3.05, 3.63) is 29.8 Å². The molecular weight excluding hydrogens is 304 g/mol. The average Bonchev–Trinajstić information content (AvgIpc) is 3.44. The first-order valence-electron chi connectivity index (χ1n) is 8.83. The van der Waals surface area contributed by atoms with E-state index in [4.69, 9.17) is 0 Å². The Bertz CT molecular complexity index is 578. The van der Waals surface area contributed by atoms with Gasteiger partial charge in [-0.1, -0.05) is 19.9 Å². The number of anilines is 1. The minimum Gasteiger partial charge on any atom is -0.396 e. The van der Waals surface area contributed by atoms with E-state index in [1.807, 2.05) is 0 Å². The molecule has 1 aromatic carbocycles. The fraction of sp³-hybridized carbons (Fsp3) is 0.579. The number of carbonyl (C=O) groups is 2. The standard InChI is InChI=1S/C19H28N2O3/c1-3-19(4-2,10-11-22)13-20-17(23)15-6-5-7-16(12-15)21-18(24)14-8-9-14/h5-7,12,14,22H,3-4,8-11,13H2,1-2H3,(H,20,23)(H,21,24). The summed E-state index contributed by atoms with van der Waals surface area (Å²) in [7, 11) is 0. The predicted octanol–water partition coefficient (Wildman–Crippen LogP) is 2.95. The minimum absolute atomic E-state index is 0.0338. The maximum atomic E-state index is 12.4. The number of benzene rings is 1. The Morgan fingerprint density at radius 1 is 1.25 bits per heavy atom. The molecule has 0 bridgehead atoms. The smallest absolute Gasteiger partial charge is 0.251 e. The van der Waals surface area contributed by atoms with Crippen molar-refractivity contribution >= 4 is 17.5 Å². The molecule has 3 N–H and O–H groups in total. The molecule has 132 valence electrons. The molecule has 1 aromatic rings. The van der Waals surface area contributed by atoms with E-state index in [9.17, 15) is 14.7 Å². The number of rotatable bonds is 9. The van der Waals surface area contributed by atoms with E-state index in [0.29, 0.717) is 24.2 Å². The summed E-state index contributed by atoms with van der Waals surface area (Å²) in [6.45, 7) is 4.83. The van der Waals surface area contributed by atoms with Crippen LogP contribution in [-0.4, -0.2) is 30.1 Å². The molecular formula is C19H28N2O3. The Balaban J connectivity index is 1.97. The maximum Gasteiger partial charge on any atom is 0.251 e. The average molecular weight is 332 g/mol. The molecule has 0 heterocycles. The van der Waals surface area contributed by atoms with E-state index < -0.39 is 0 Å². The molecule has 2 rings (SSSR count). The lowest BCUT2D eigenvalue weighted by Crippen LogP contribution is -2.37. The van der Waals surface area contributed by atoms with E-state index >= 15 is 0 Å². The van der Waals surface area contributed by atoms with Gasteiger partial charge in [-0.15, -0.1) is 0 Å². The molecule has 5 nitrogen and oxygen atoms in total. The zero-order chi connectivity index (χ0) is 17.6. The molecule has 0 atom stereocenters. The maximum absolute atomic E-state index is 12.4. The summed E-state index contributed by atoms with van der Waals surface area (Å²) in [5.74, 6) is 0.0175. The zero-order valence-electron chi connectivity index (χ0n) is 14.6. The lowest BCUT2D eigenvalue weighted by Gasteiger charge is -2.31. The van der Waals surface area contributed by atoms with Crippen molar-refractivity contribution in [2.45, 2.75) is 46.0 Å². The molecule has 0 aromatic heterocycles. The summed E-state index contributed by atoms with van der Waals surface area (Å²) in [5.41, 5.74) is 1.13. The fourth-order valence-corrected chi connectivity index (χ4v) is 2.88. The fourth-order valence-electron chi connectivity index (χ4n) is 2.88. The first kappa shape index (κ1) is 18.5. The van der Waals surface area contributed by atoms with Gasteiger partial charge in [0.1, 0.15) is 0 Å².